The molecule has 1 aliphatic heterocycles. The van der Waals surface area contributed by atoms with E-state index in [0.29, 0.717) is 25.2 Å². The highest BCUT2D eigenvalue weighted by Crippen LogP contribution is 2.27. The lowest BCUT2D eigenvalue weighted by atomic mass is 10.0. The standard InChI is InChI=1S/C23H30N6O2/c1-16-20(17(2)29-23(27-16)25-15-26-29)9-10-22(30)24-14-21(28-11-4-5-12-28)18-7-6-8-19(13-18)31-3/h6-8,13,15,21H,4-5,9-12,14H2,1-3H3,(H,24,30). The highest BCUT2D eigenvalue weighted by Gasteiger charge is 2.24. The summed E-state index contributed by atoms with van der Waals surface area (Å²) < 4.78 is 7.13. The van der Waals surface area contributed by atoms with Crippen LogP contribution in [0.1, 0.15) is 47.8 Å². The van der Waals surface area contributed by atoms with Crippen molar-refractivity contribution in [3.05, 3.63) is 53.1 Å². The first-order valence-corrected chi connectivity index (χ1v) is 10.9. The van der Waals surface area contributed by atoms with Gasteiger partial charge in [-0.3, -0.25) is 9.69 Å². The third-order valence-corrected chi connectivity index (χ3v) is 6.14. The van der Waals surface area contributed by atoms with E-state index in [0.717, 1.165) is 35.8 Å². The lowest BCUT2D eigenvalue weighted by Gasteiger charge is -2.28. The van der Waals surface area contributed by atoms with E-state index >= 15 is 0 Å². The van der Waals surface area contributed by atoms with E-state index in [-0.39, 0.29) is 11.9 Å². The number of amides is 1. The summed E-state index contributed by atoms with van der Waals surface area (Å²) >= 11 is 0. The van der Waals surface area contributed by atoms with Crippen LogP contribution in [-0.4, -0.2) is 57.1 Å². The Labute approximate surface area is 182 Å². The van der Waals surface area contributed by atoms with Gasteiger partial charge in [-0.05, 0) is 69.5 Å². The topological polar surface area (TPSA) is 84.6 Å². The first kappa shape index (κ1) is 21.2. The lowest BCUT2D eigenvalue weighted by Crippen LogP contribution is -2.37. The Morgan fingerprint density at radius 2 is 2.06 bits per heavy atom. The van der Waals surface area contributed by atoms with Crippen LogP contribution in [0.3, 0.4) is 0 Å². The van der Waals surface area contributed by atoms with Crippen LogP contribution in [0.2, 0.25) is 0 Å². The van der Waals surface area contributed by atoms with Crippen molar-refractivity contribution >= 4 is 11.7 Å². The smallest absolute Gasteiger partial charge is 0.252 e. The number of nitrogens with one attached hydrogen (secondary N) is 1. The van der Waals surface area contributed by atoms with Gasteiger partial charge in [0.2, 0.25) is 5.91 Å². The van der Waals surface area contributed by atoms with Crippen molar-refractivity contribution in [2.75, 3.05) is 26.7 Å². The quantitative estimate of drug-likeness (QED) is 0.601. The highest BCUT2D eigenvalue weighted by atomic mass is 16.5. The molecule has 1 amide bonds. The van der Waals surface area contributed by atoms with Gasteiger partial charge in [0.05, 0.1) is 13.2 Å². The number of hydrogen-bond donors (Lipinski definition) is 1. The second-order valence-electron chi connectivity index (χ2n) is 8.07. The first-order valence-electron chi connectivity index (χ1n) is 10.9. The molecule has 1 fully saturated rings. The van der Waals surface area contributed by atoms with Gasteiger partial charge in [0.15, 0.2) is 0 Å². The molecule has 4 rings (SSSR count). The van der Waals surface area contributed by atoms with Crippen LogP contribution in [0, 0.1) is 13.8 Å². The molecule has 0 saturated carbocycles. The maximum absolute atomic E-state index is 12.7. The Morgan fingerprint density at radius 3 is 2.84 bits per heavy atom. The summed E-state index contributed by atoms with van der Waals surface area (Å²) in [5, 5.41) is 7.39. The molecule has 0 spiro atoms. The van der Waals surface area contributed by atoms with E-state index < -0.39 is 0 Å². The van der Waals surface area contributed by atoms with Gasteiger partial charge in [0.25, 0.3) is 5.78 Å². The summed E-state index contributed by atoms with van der Waals surface area (Å²) in [6, 6.07) is 8.30. The molecule has 3 aromatic rings. The largest absolute Gasteiger partial charge is 0.497 e. The van der Waals surface area contributed by atoms with Gasteiger partial charge in [-0.15, -0.1) is 0 Å². The Hall–Kier alpha value is -3.00. The summed E-state index contributed by atoms with van der Waals surface area (Å²) in [5.74, 6) is 1.48. The maximum atomic E-state index is 12.7. The number of aryl methyl sites for hydroxylation is 2. The zero-order valence-corrected chi connectivity index (χ0v) is 18.5. The summed E-state index contributed by atoms with van der Waals surface area (Å²) in [4.78, 5) is 23.8. The number of hydrogen-bond acceptors (Lipinski definition) is 6. The van der Waals surface area contributed by atoms with E-state index in [4.69, 9.17) is 4.74 Å². The monoisotopic (exact) mass is 422 g/mol. The van der Waals surface area contributed by atoms with Gasteiger partial charge in [0, 0.05) is 24.4 Å². The molecule has 164 valence electrons. The molecule has 0 radical (unpaired) electrons. The predicted molar refractivity (Wildman–Crippen MR) is 118 cm³/mol. The van der Waals surface area contributed by atoms with Gasteiger partial charge in [-0.25, -0.2) is 9.50 Å². The number of methoxy groups -OCH3 is 1. The average Bonchev–Trinajstić information content (AvgIpc) is 3.46. The number of likely N-dealkylation sites (tertiary alicyclic amines) is 1. The summed E-state index contributed by atoms with van der Waals surface area (Å²) in [6.45, 7) is 6.65. The van der Waals surface area contributed by atoms with Crippen molar-refractivity contribution in [2.24, 2.45) is 0 Å². The van der Waals surface area contributed by atoms with Crippen LogP contribution < -0.4 is 10.1 Å². The van der Waals surface area contributed by atoms with Crippen molar-refractivity contribution in [2.45, 2.75) is 45.6 Å². The zero-order chi connectivity index (χ0) is 21.8. The second-order valence-corrected chi connectivity index (χ2v) is 8.07. The number of aromatic nitrogens is 4. The molecule has 1 unspecified atom stereocenters. The van der Waals surface area contributed by atoms with Crippen molar-refractivity contribution in [1.82, 2.24) is 29.8 Å². The van der Waals surface area contributed by atoms with Crippen molar-refractivity contribution < 1.29 is 9.53 Å². The Morgan fingerprint density at radius 1 is 1.26 bits per heavy atom. The normalized spacial score (nSPS) is 15.3. The Balaban J connectivity index is 1.41. The van der Waals surface area contributed by atoms with E-state index in [1.165, 1.54) is 24.7 Å². The Bertz CT molecular complexity index is 1060. The third kappa shape index (κ3) is 4.69. The van der Waals surface area contributed by atoms with Gasteiger partial charge < -0.3 is 10.1 Å². The average molecular weight is 423 g/mol. The third-order valence-electron chi connectivity index (χ3n) is 6.14. The second kappa shape index (κ2) is 9.43. The fourth-order valence-corrected chi connectivity index (χ4v) is 4.41. The Kier molecular flexibility index (Phi) is 6.46. The van der Waals surface area contributed by atoms with Gasteiger partial charge in [0.1, 0.15) is 12.1 Å². The summed E-state index contributed by atoms with van der Waals surface area (Å²) in [6.07, 6.45) is 4.94. The fraction of sp³-hybridized carbons (Fsp3) is 0.478. The van der Waals surface area contributed by atoms with Crippen LogP contribution in [0.25, 0.3) is 5.78 Å². The van der Waals surface area contributed by atoms with Crippen LogP contribution in [0.5, 0.6) is 5.75 Å². The molecule has 1 aromatic carbocycles. The summed E-state index contributed by atoms with van der Waals surface area (Å²) in [5.41, 5.74) is 4.11. The van der Waals surface area contributed by atoms with E-state index in [1.54, 1.807) is 11.6 Å². The first-order chi connectivity index (χ1) is 15.1. The van der Waals surface area contributed by atoms with Crippen LogP contribution in [0.15, 0.2) is 30.6 Å². The number of carbonyl (C=O) groups excluding carboxylic acids is 1. The molecule has 3 heterocycles. The fourth-order valence-electron chi connectivity index (χ4n) is 4.41. The molecule has 1 atom stereocenters. The lowest BCUT2D eigenvalue weighted by molar-refractivity contribution is -0.121. The van der Waals surface area contributed by atoms with Crippen LogP contribution >= 0.6 is 0 Å². The molecule has 8 heteroatoms. The number of nitrogens with zero attached hydrogens (tertiary/aromatic N) is 5. The molecule has 1 N–H and O–H groups in total. The van der Waals surface area contributed by atoms with Crippen molar-refractivity contribution in [3.63, 3.8) is 0 Å². The van der Waals surface area contributed by atoms with Gasteiger partial charge in [-0.2, -0.15) is 10.1 Å². The zero-order valence-electron chi connectivity index (χ0n) is 18.5. The molecule has 1 aliphatic rings. The summed E-state index contributed by atoms with van der Waals surface area (Å²) in [7, 11) is 1.68. The van der Waals surface area contributed by atoms with Gasteiger partial charge >= 0.3 is 0 Å². The van der Waals surface area contributed by atoms with Crippen LogP contribution in [0.4, 0.5) is 0 Å². The van der Waals surface area contributed by atoms with E-state index in [1.807, 2.05) is 26.0 Å². The van der Waals surface area contributed by atoms with E-state index in [2.05, 4.69) is 37.4 Å². The molecule has 2 aromatic heterocycles. The van der Waals surface area contributed by atoms with Crippen molar-refractivity contribution in [1.29, 1.82) is 0 Å². The minimum Gasteiger partial charge on any atom is -0.497 e. The molecule has 0 aliphatic carbocycles. The highest BCUT2D eigenvalue weighted by molar-refractivity contribution is 5.76. The number of ether oxygens (including phenoxy) is 1. The van der Waals surface area contributed by atoms with Crippen LogP contribution in [-0.2, 0) is 11.2 Å². The minimum absolute atomic E-state index is 0.0459. The number of rotatable bonds is 8. The molecule has 0 bridgehead atoms. The predicted octanol–water partition coefficient (Wildman–Crippen LogP) is 2.64. The molecule has 8 nitrogen and oxygen atoms in total. The maximum Gasteiger partial charge on any atom is 0.252 e. The number of fused-ring (bicyclic) bond motifs is 1. The van der Waals surface area contributed by atoms with Gasteiger partial charge in [-0.1, -0.05) is 12.1 Å². The molecule has 1 saturated heterocycles. The molecular weight excluding hydrogens is 392 g/mol. The number of carbonyl (C=O) groups is 1. The minimum atomic E-state index is 0.0459. The SMILES string of the molecule is COc1cccc(C(CNC(=O)CCc2c(C)nc3ncnn3c2C)N2CCCC2)c1. The van der Waals surface area contributed by atoms with E-state index in [9.17, 15) is 4.79 Å². The van der Waals surface area contributed by atoms with Crippen molar-refractivity contribution in [3.8, 4) is 5.75 Å². The molecular formula is C23H30N6O2. The number of benzene rings is 1. The molecule has 31 heavy (non-hydrogen) atoms.